The Morgan fingerprint density at radius 1 is 0.833 bits per heavy atom. The molecule has 0 aliphatic rings. The van der Waals surface area contributed by atoms with Gasteiger partial charge in [-0.2, -0.15) is 11.8 Å². The van der Waals surface area contributed by atoms with Crippen molar-refractivity contribution in [2.45, 2.75) is 89.2 Å². The van der Waals surface area contributed by atoms with Crippen LogP contribution in [0.5, 0.6) is 0 Å². The Hall–Kier alpha value is 0.0900. The van der Waals surface area contributed by atoms with Crippen molar-refractivity contribution < 1.29 is 0 Å². The number of unbranched alkanes of at least 4 members (excludes halogenated alkanes) is 10. The van der Waals surface area contributed by atoms with E-state index >= 15 is 0 Å². The third-order valence-electron chi connectivity index (χ3n) is 3.63. The Kier molecular flexibility index (Phi) is 15.2. The Bertz CT molecular complexity index is 165. The highest BCUT2D eigenvalue weighted by atomic mass is 32.2. The minimum absolute atomic E-state index is 0.857. The van der Waals surface area contributed by atoms with E-state index in [0.717, 1.165) is 11.7 Å². The van der Waals surface area contributed by atoms with Gasteiger partial charge < -0.3 is 0 Å². The molecule has 0 amide bonds. The molecule has 0 aliphatic heterocycles. The molecule has 0 rings (SSSR count). The maximum Gasteiger partial charge on any atom is 0.00159 e. The monoisotopic (exact) mass is 269 g/mol. The van der Waals surface area contributed by atoms with E-state index in [1.807, 2.05) is 11.8 Å². The molecule has 107 valence electrons. The van der Waals surface area contributed by atoms with Gasteiger partial charge in [-0.3, -0.25) is 0 Å². The highest BCUT2D eigenvalue weighted by Crippen LogP contribution is 2.16. The van der Waals surface area contributed by atoms with E-state index in [1.54, 1.807) is 6.08 Å². The summed E-state index contributed by atoms with van der Waals surface area (Å²) in [6.45, 7) is 7.69. The van der Waals surface area contributed by atoms with Crippen LogP contribution < -0.4 is 0 Å². The number of thioether (sulfide) groups is 1. The molecule has 0 aromatic heterocycles. The van der Waals surface area contributed by atoms with E-state index in [2.05, 4.69) is 13.2 Å². The van der Waals surface area contributed by atoms with Gasteiger partial charge in [0.15, 0.2) is 0 Å². The topological polar surface area (TPSA) is 0 Å². The van der Waals surface area contributed by atoms with Crippen LogP contribution in [0.2, 0.25) is 0 Å². The molecule has 0 saturated carbocycles. The lowest BCUT2D eigenvalue weighted by Gasteiger charge is -2.07. The second-order valence-electron chi connectivity index (χ2n) is 5.39. The van der Waals surface area contributed by atoms with E-state index in [0.29, 0.717) is 0 Å². The Morgan fingerprint density at radius 3 is 1.72 bits per heavy atom. The molecule has 1 atom stereocenters. The lowest BCUT2D eigenvalue weighted by atomic mass is 10.0. The molecular weight excluding hydrogens is 236 g/mol. The Morgan fingerprint density at radius 2 is 1.28 bits per heavy atom. The molecule has 18 heavy (non-hydrogen) atoms. The first-order valence-corrected chi connectivity index (χ1v) is 9.16. The summed E-state index contributed by atoms with van der Waals surface area (Å²) >= 11 is 2.00. The fraction of sp³-hybridized carbons (Fsp3) is 0.882. The molecule has 1 unspecified atom stereocenters. The Balaban J connectivity index is 2.96. The normalized spacial score (nSPS) is 12.6. The van der Waals surface area contributed by atoms with Crippen molar-refractivity contribution in [3.05, 3.63) is 12.7 Å². The second kappa shape index (κ2) is 15.1. The van der Waals surface area contributed by atoms with Gasteiger partial charge in [0.25, 0.3) is 0 Å². The number of hydrogen-bond donors (Lipinski definition) is 0. The molecule has 0 fully saturated rings. The summed E-state index contributed by atoms with van der Waals surface area (Å²) < 4.78 is 0. The van der Waals surface area contributed by atoms with Crippen LogP contribution in [0.3, 0.4) is 0 Å². The Labute approximate surface area is 120 Å². The molecule has 0 nitrogen and oxygen atoms in total. The van der Waals surface area contributed by atoms with Gasteiger partial charge in [0.1, 0.15) is 0 Å². The van der Waals surface area contributed by atoms with Gasteiger partial charge in [-0.1, -0.05) is 77.4 Å². The van der Waals surface area contributed by atoms with Gasteiger partial charge in [0.2, 0.25) is 0 Å². The number of rotatable bonds is 14. The molecule has 1 radical (unpaired) electrons. The maximum atomic E-state index is 5.35. The molecule has 0 heterocycles. The molecule has 0 aliphatic carbocycles. The van der Waals surface area contributed by atoms with Gasteiger partial charge >= 0.3 is 0 Å². The predicted octanol–water partition coefficient (Wildman–Crippen LogP) is 6.41. The fourth-order valence-corrected chi connectivity index (χ4v) is 2.63. The van der Waals surface area contributed by atoms with Crippen molar-refractivity contribution in [3.8, 4) is 0 Å². The quantitative estimate of drug-likeness (QED) is 0.328. The van der Waals surface area contributed by atoms with Crippen LogP contribution >= 0.6 is 11.8 Å². The van der Waals surface area contributed by atoms with Crippen LogP contribution in [0.15, 0.2) is 6.08 Å². The zero-order chi connectivity index (χ0) is 13.5. The number of allylic oxidation sites excluding steroid dienone is 1. The third-order valence-corrected chi connectivity index (χ3v) is 4.67. The van der Waals surface area contributed by atoms with E-state index in [1.165, 1.54) is 70.6 Å². The molecule has 0 bridgehead atoms. The lowest BCUT2D eigenvalue weighted by molar-refractivity contribution is 0.546. The van der Waals surface area contributed by atoms with Crippen molar-refractivity contribution in [3.63, 3.8) is 0 Å². The van der Waals surface area contributed by atoms with Gasteiger partial charge in [-0.25, -0.2) is 0 Å². The van der Waals surface area contributed by atoms with Crippen molar-refractivity contribution in [1.82, 2.24) is 0 Å². The second-order valence-corrected chi connectivity index (χ2v) is 6.67. The predicted molar refractivity (Wildman–Crippen MR) is 87.3 cm³/mol. The highest BCUT2D eigenvalue weighted by molar-refractivity contribution is 7.99. The largest absolute Gasteiger partial charge is 0.162 e. The van der Waals surface area contributed by atoms with E-state index < -0.39 is 0 Å². The smallest absolute Gasteiger partial charge is 0.00159 e. The summed E-state index contributed by atoms with van der Waals surface area (Å²) in [5, 5.41) is 0.857. The zero-order valence-electron chi connectivity index (χ0n) is 12.6. The van der Waals surface area contributed by atoms with Crippen LogP contribution in [0.1, 0.15) is 84.0 Å². The van der Waals surface area contributed by atoms with Crippen molar-refractivity contribution in [1.29, 1.82) is 0 Å². The SMILES string of the molecule is [CH]=CCCCCCCCCCCCCC(C)SC. The first-order valence-electron chi connectivity index (χ1n) is 7.87. The zero-order valence-corrected chi connectivity index (χ0v) is 13.4. The van der Waals surface area contributed by atoms with Gasteiger partial charge in [-0.15, -0.1) is 0 Å². The van der Waals surface area contributed by atoms with Crippen LogP contribution in [0.4, 0.5) is 0 Å². The minimum atomic E-state index is 0.857. The van der Waals surface area contributed by atoms with E-state index in [9.17, 15) is 0 Å². The van der Waals surface area contributed by atoms with Crippen molar-refractivity contribution in [2.75, 3.05) is 6.26 Å². The van der Waals surface area contributed by atoms with Crippen LogP contribution in [-0.4, -0.2) is 11.5 Å². The first kappa shape index (κ1) is 18.1. The lowest BCUT2D eigenvalue weighted by Crippen LogP contribution is -1.94. The average molecular weight is 270 g/mol. The average Bonchev–Trinajstić information content (AvgIpc) is 2.39. The highest BCUT2D eigenvalue weighted by Gasteiger charge is 1.98. The van der Waals surface area contributed by atoms with Crippen molar-refractivity contribution >= 4 is 11.8 Å². The summed E-state index contributed by atoms with van der Waals surface area (Å²) in [4.78, 5) is 0. The molecule has 0 saturated heterocycles. The van der Waals surface area contributed by atoms with Crippen LogP contribution in [-0.2, 0) is 0 Å². The van der Waals surface area contributed by atoms with Gasteiger partial charge in [0.05, 0.1) is 0 Å². The maximum absolute atomic E-state index is 5.35. The summed E-state index contributed by atoms with van der Waals surface area (Å²) in [7, 11) is 0. The van der Waals surface area contributed by atoms with E-state index in [4.69, 9.17) is 6.58 Å². The molecule has 0 aromatic rings. The number of hydrogen-bond acceptors (Lipinski definition) is 1. The van der Waals surface area contributed by atoms with Crippen molar-refractivity contribution in [2.24, 2.45) is 0 Å². The molecule has 0 N–H and O–H groups in total. The summed E-state index contributed by atoms with van der Waals surface area (Å²) in [5.41, 5.74) is 0. The molecular formula is C17H33S. The summed E-state index contributed by atoms with van der Waals surface area (Å²) in [6, 6.07) is 0. The van der Waals surface area contributed by atoms with Gasteiger partial charge in [-0.05, 0) is 25.5 Å². The summed E-state index contributed by atoms with van der Waals surface area (Å²) in [5.74, 6) is 0. The molecule has 1 heteroatoms. The summed E-state index contributed by atoms with van der Waals surface area (Å²) in [6.07, 6.45) is 20.6. The standard InChI is InChI=1S/C17H33S/c1-4-5-6-7-8-9-10-11-12-13-14-15-16-17(2)18-3/h1,4,17H,5-16H2,2-3H3. The first-order chi connectivity index (χ1) is 8.81. The van der Waals surface area contributed by atoms with Crippen LogP contribution in [0, 0.1) is 6.58 Å². The third kappa shape index (κ3) is 14.2. The fourth-order valence-electron chi connectivity index (χ4n) is 2.23. The van der Waals surface area contributed by atoms with E-state index in [-0.39, 0.29) is 0 Å². The molecule has 0 aromatic carbocycles. The van der Waals surface area contributed by atoms with Gasteiger partial charge in [0, 0.05) is 5.25 Å². The van der Waals surface area contributed by atoms with Crippen LogP contribution in [0.25, 0.3) is 0 Å². The molecule has 0 spiro atoms. The minimum Gasteiger partial charge on any atom is -0.162 e.